The second-order valence-corrected chi connectivity index (χ2v) is 15.8. The lowest BCUT2D eigenvalue weighted by Crippen LogP contribution is -1.96. The van der Waals surface area contributed by atoms with Gasteiger partial charge in [-0.05, 0) is 42.0 Å². The molecular formula is C53H31N3OS. The molecule has 0 spiro atoms. The normalized spacial score (nSPS) is 11.8. The minimum atomic E-state index is 0.714. The zero-order chi connectivity index (χ0) is 38.2. The number of fused-ring (bicyclic) bond motifs is 10. The minimum absolute atomic E-state index is 0.714. The van der Waals surface area contributed by atoms with E-state index >= 15 is 0 Å². The molecule has 0 saturated carbocycles. The Morgan fingerprint density at radius 1 is 0.362 bits per heavy atom. The van der Waals surface area contributed by atoms with Gasteiger partial charge < -0.3 is 4.42 Å². The second-order valence-electron chi connectivity index (χ2n) is 14.7. The summed E-state index contributed by atoms with van der Waals surface area (Å²) >= 11 is 1.81. The van der Waals surface area contributed by atoms with Crippen LogP contribution in [-0.2, 0) is 0 Å². The Morgan fingerprint density at radius 2 is 0.983 bits per heavy atom. The first kappa shape index (κ1) is 32.7. The minimum Gasteiger partial charge on any atom is -0.456 e. The molecule has 0 aliphatic rings. The Balaban J connectivity index is 1.05. The van der Waals surface area contributed by atoms with Crippen molar-refractivity contribution < 1.29 is 4.42 Å². The smallest absolute Gasteiger partial charge is 0.161 e. The SMILES string of the molecule is c1ccc(-c2cc(-c3ccc(-c4cccc5c4nc(-c4ccccc4)c4ccc6oc7ccccc7c6c45)cc3)nc(-c3cccc4sc5ccccc5c34)n2)cc1. The number of aromatic nitrogens is 3. The summed E-state index contributed by atoms with van der Waals surface area (Å²) in [5.74, 6) is 0.714. The van der Waals surface area contributed by atoms with Gasteiger partial charge in [-0.25, -0.2) is 15.0 Å². The number of furan rings is 1. The Bertz CT molecular complexity index is 3550. The number of rotatable bonds is 5. The van der Waals surface area contributed by atoms with Gasteiger partial charge in [-0.1, -0.05) is 152 Å². The van der Waals surface area contributed by atoms with E-state index in [-0.39, 0.29) is 0 Å². The van der Waals surface area contributed by atoms with Crippen LogP contribution in [0.3, 0.4) is 0 Å². The van der Waals surface area contributed by atoms with Crippen LogP contribution in [0.15, 0.2) is 192 Å². The zero-order valence-electron chi connectivity index (χ0n) is 31.1. The fourth-order valence-corrected chi connectivity index (χ4v) is 9.77. The molecule has 58 heavy (non-hydrogen) atoms. The summed E-state index contributed by atoms with van der Waals surface area (Å²) in [6.07, 6.45) is 0. The van der Waals surface area contributed by atoms with Crippen LogP contribution in [0.2, 0.25) is 0 Å². The van der Waals surface area contributed by atoms with Gasteiger partial charge in [-0.3, -0.25) is 0 Å². The first-order chi connectivity index (χ1) is 28.7. The molecule has 0 bridgehead atoms. The summed E-state index contributed by atoms with van der Waals surface area (Å²) in [6, 6.07) is 65.9. The Morgan fingerprint density at radius 3 is 1.79 bits per heavy atom. The van der Waals surface area contributed by atoms with Crippen molar-refractivity contribution in [2.75, 3.05) is 0 Å². The summed E-state index contributed by atoms with van der Waals surface area (Å²) in [4.78, 5) is 16.0. The number of hydrogen-bond donors (Lipinski definition) is 0. The van der Waals surface area contributed by atoms with Gasteiger partial charge in [-0.15, -0.1) is 11.3 Å². The average Bonchev–Trinajstić information content (AvgIpc) is 3.88. The third-order valence-electron chi connectivity index (χ3n) is 11.3. The molecule has 0 saturated heterocycles. The maximum Gasteiger partial charge on any atom is 0.161 e. The number of para-hydroxylation sites is 2. The van der Waals surface area contributed by atoms with E-state index in [1.807, 2.05) is 29.5 Å². The van der Waals surface area contributed by atoms with Crippen molar-refractivity contribution >= 4 is 75.1 Å². The molecular weight excluding hydrogens is 727 g/mol. The van der Waals surface area contributed by atoms with Crippen molar-refractivity contribution in [3.63, 3.8) is 0 Å². The lowest BCUT2D eigenvalue weighted by molar-refractivity contribution is 0.669. The predicted octanol–water partition coefficient (Wildman–Crippen LogP) is 14.8. The molecule has 0 aliphatic heterocycles. The van der Waals surface area contributed by atoms with Gasteiger partial charge in [-0.2, -0.15) is 0 Å². The van der Waals surface area contributed by atoms with Crippen LogP contribution in [-0.4, -0.2) is 15.0 Å². The number of thiophene rings is 1. The Kier molecular flexibility index (Phi) is 7.37. The van der Waals surface area contributed by atoms with Gasteiger partial charge in [0.15, 0.2) is 5.82 Å². The highest BCUT2D eigenvalue weighted by atomic mass is 32.1. The van der Waals surface area contributed by atoms with E-state index in [9.17, 15) is 0 Å². The summed E-state index contributed by atoms with van der Waals surface area (Å²) in [5.41, 5.74) is 11.7. The summed E-state index contributed by atoms with van der Waals surface area (Å²) < 4.78 is 8.89. The quantitative estimate of drug-likeness (QED) is 0.164. The first-order valence-electron chi connectivity index (χ1n) is 19.4. The lowest BCUT2D eigenvalue weighted by atomic mass is 9.93. The van der Waals surface area contributed by atoms with E-state index in [1.54, 1.807) is 0 Å². The van der Waals surface area contributed by atoms with Gasteiger partial charge in [0.25, 0.3) is 0 Å². The highest BCUT2D eigenvalue weighted by Crippen LogP contribution is 2.44. The van der Waals surface area contributed by atoms with Crippen LogP contribution < -0.4 is 0 Å². The molecule has 12 aromatic rings. The number of benzene rings is 8. The maximum atomic E-state index is 6.40. The molecule has 0 aliphatic carbocycles. The third-order valence-corrected chi connectivity index (χ3v) is 12.4. The predicted molar refractivity (Wildman–Crippen MR) is 242 cm³/mol. The van der Waals surface area contributed by atoms with Crippen LogP contribution in [0.25, 0.3) is 120 Å². The first-order valence-corrected chi connectivity index (χ1v) is 20.2. The summed E-state index contributed by atoms with van der Waals surface area (Å²) in [6.45, 7) is 0. The van der Waals surface area contributed by atoms with E-state index in [0.29, 0.717) is 5.82 Å². The molecule has 8 aromatic carbocycles. The molecule has 0 amide bonds. The van der Waals surface area contributed by atoms with E-state index in [1.165, 1.54) is 20.2 Å². The second kappa shape index (κ2) is 13.1. The van der Waals surface area contributed by atoms with Crippen LogP contribution in [0.5, 0.6) is 0 Å². The molecule has 5 heteroatoms. The molecule has 4 heterocycles. The lowest BCUT2D eigenvalue weighted by Gasteiger charge is -2.14. The van der Waals surface area contributed by atoms with Crippen LogP contribution in [0.1, 0.15) is 0 Å². The molecule has 0 N–H and O–H groups in total. The summed E-state index contributed by atoms with van der Waals surface area (Å²) in [5, 5.41) is 7.99. The molecule has 4 aromatic heterocycles. The Labute approximate surface area is 337 Å². The zero-order valence-corrected chi connectivity index (χ0v) is 31.9. The molecule has 4 nitrogen and oxygen atoms in total. The molecule has 0 radical (unpaired) electrons. The highest BCUT2D eigenvalue weighted by molar-refractivity contribution is 7.25. The number of nitrogens with zero attached hydrogens (tertiary/aromatic N) is 3. The number of pyridine rings is 1. The summed E-state index contributed by atoms with van der Waals surface area (Å²) in [7, 11) is 0. The monoisotopic (exact) mass is 757 g/mol. The van der Waals surface area contributed by atoms with Crippen molar-refractivity contribution in [3.05, 3.63) is 188 Å². The van der Waals surface area contributed by atoms with Gasteiger partial charge in [0.1, 0.15) is 11.2 Å². The van der Waals surface area contributed by atoms with E-state index in [4.69, 9.17) is 19.4 Å². The van der Waals surface area contributed by atoms with Gasteiger partial charge in [0, 0.05) is 74.9 Å². The van der Waals surface area contributed by atoms with Gasteiger partial charge in [0.05, 0.1) is 22.6 Å². The highest BCUT2D eigenvalue weighted by Gasteiger charge is 2.20. The fraction of sp³-hybridized carbons (Fsp3) is 0. The maximum absolute atomic E-state index is 6.40. The van der Waals surface area contributed by atoms with E-state index in [0.717, 1.165) is 94.1 Å². The van der Waals surface area contributed by atoms with Crippen LogP contribution >= 0.6 is 11.3 Å². The molecule has 0 atom stereocenters. The number of hydrogen-bond acceptors (Lipinski definition) is 5. The van der Waals surface area contributed by atoms with Gasteiger partial charge >= 0.3 is 0 Å². The van der Waals surface area contributed by atoms with Crippen LogP contribution in [0, 0.1) is 0 Å². The molecule has 0 fully saturated rings. The van der Waals surface area contributed by atoms with Crippen molar-refractivity contribution in [2.45, 2.75) is 0 Å². The van der Waals surface area contributed by atoms with Gasteiger partial charge in [0.2, 0.25) is 0 Å². The standard InChI is InChI=1S/C53H31N3OS/c1-3-13-33(14-4-1)42-31-43(55-53(54-42)41-21-12-24-47-48(41)38-18-8-10-23-46(38)58-47)34-27-25-32(26-28-34)36-19-11-20-39-49-40(51(56-52(36)39)35-15-5-2-6-16-35)29-30-45-50(49)37-17-7-9-22-44(37)57-45/h1-31H. The Hall–Kier alpha value is -7.47. The van der Waals surface area contributed by atoms with Crippen molar-refractivity contribution in [1.29, 1.82) is 0 Å². The fourth-order valence-electron chi connectivity index (χ4n) is 8.63. The van der Waals surface area contributed by atoms with Crippen LogP contribution in [0.4, 0.5) is 0 Å². The van der Waals surface area contributed by atoms with E-state index < -0.39 is 0 Å². The molecule has 270 valence electrons. The van der Waals surface area contributed by atoms with Crippen molar-refractivity contribution in [3.8, 4) is 56.3 Å². The topological polar surface area (TPSA) is 51.8 Å². The molecule has 12 rings (SSSR count). The molecule has 0 unspecified atom stereocenters. The average molecular weight is 758 g/mol. The largest absolute Gasteiger partial charge is 0.456 e. The van der Waals surface area contributed by atoms with E-state index in [2.05, 4.69) is 170 Å². The third kappa shape index (κ3) is 5.18. The van der Waals surface area contributed by atoms with Crippen molar-refractivity contribution in [2.24, 2.45) is 0 Å². The van der Waals surface area contributed by atoms with Crippen molar-refractivity contribution in [1.82, 2.24) is 15.0 Å².